The first-order valence-electron chi connectivity index (χ1n) is 15.3. The molecule has 5 rings (SSSR count). The number of hydrogen-bond acceptors (Lipinski definition) is 5. The SMILES string of the molecule is CCCCN1/C(=C\C2=C([O-])C(=C\C3=[N+](CCCC)c4cccc(C(=O)O)c4C3(C)C)/C2=O)C(C)(C)c2c(C(=O)O)cccc21. The molecule has 3 aliphatic rings. The second kappa shape index (κ2) is 11.2. The number of carboxylic acids is 2. The van der Waals surface area contributed by atoms with Crippen molar-refractivity contribution in [2.45, 2.75) is 78.1 Å². The minimum Gasteiger partial charge on any atom is -0.871 e. The summed E-state index contributed by atoms with van der Waals surface area (Å²) < 4.78 is 2.05. The summed E-state index contributed by atoms with van der Waals surface area (Å²) in [5, 5.41) is 33.6. The summed E-state index contributed by atoms with van der Waals surface area (Å²) in [5.41, 5.74) is 3.43. The van der Waals surface area contributed by atoms with E-state index in [0.717, 1.165) is 48.5 Å². The fraction of sp³-hybridized carbons (Fsp3) is 0.389. The van der Waals surface area contributed by atoms with Gasteiger partial charge < -0.3 is 20.2 Å². The molecule has 0 bridgehead atoms. The molecule has 0 aromatic heterocycles. The van der Waals surface area contributed by atoms with Gasteiger partial charge in [-0.05, 0) is 44.5 Å². The van der Waals surface area contributed by atoms with Crippen molar-refractivity contribution in [3.63, 3.8) is 0 Å². The van der Waals surface area contributed by atoms with E-state index < -0.39 is 22.8 Å². The Morgan fingerprint density at radius 1 is 0.886 bits per heavy atom. The molecule has 0 radical (unpaired) electrons. The van der Waals surface area contributed by atoms with Crippen LogP contribution < -0.4 is 10.0 Å². The number of carboxylic acid groups (broad SMARTS) is 2. The number of carbonyl (C=O) groups excluding carboxylic acids is 1. The van der Waals surface area contributed by atoms with Crippen molar-refractivity contribution >= 4 is 34.8 Å². The molecule has 2 aromatic carbocycles. The standard InChI is InChI=1S/C36H40N2O6/c1-7-9-17-37-25-15-11-13-21(33(41)42)29(25)35(3,4)27(37)19-23-31(39)24(32(23)40)20-28-36(5,6)30-22(34(43)44)14-12-16-26(30)38(28)18-10-8-2/h11-16,19-20H,7-10,17-18H2,1-6H3,(H2-,39,40,41,42,43,44). The summed E-state index contributed by atoms with van der Waals surface area (Å²) >= 11 is 0. The highest BCUT2D eigenvalue weighted by Gasteiger charge is 2.48. The summed E-state index contributed by atoms with van der Waals surface area (Å²) in [4.78, 5) is 40.1. The third-order valence-corrected chi connectivity index (χ3v) is 9.25. The monoisotopic (exact) mass is 596 g/mol. The van der Waals surface area contributed by atoms with Gasteiger partial charge >= 0.3 is 11.9 Å². The zero-order valence-electron chi connectivity index (χ0n) is 26.3. The minimum absolute atomic E-state index is 0.0748. The largest absolute Gasteiger partial charge is 0.871 e. The van der Waals surface area contributed by atoms with Gasteiger partial charge in [0.15, 0.2) is 11.5 Å². The van der Waals surface area contributed by atoms with Crippen LogP contribution in [0, 0.1) is 0 Å². The summed E-state index contributed by atoms with van der Waals surface area (Å²) in [6, 6.07) is 10.4. The van der Waals surface area contributed by atoms with Gasteiger partial charge in [0.2, 0.25) is 5.69 Å². The van der Waals surface area contributed by atoms with Crippen LogP contribution in [0.3, 0.4) is 0 Å². The van der Waals surface area contributed by atoms with E-state index in [4.69, 9.17) is 0 Å². The number of Topliss-reactive ketones (excluding diaryl/α,β-unsaturated/α-hetero) is 1. The van der Waals surface area contributed by atoms with Gasteiger partial charge in [-0.25, -0.2) is 9.59 Å². The lowest BCUT2D eigenvalue weighted by atomic mass is 9.76. The van der Waals surface area contributed by atoms with Crippen LogP contribution >= 0.6 is 0 Å². The number of ketones is 1. The first-order valence-corrected chi connectivity index (χ1v) is 15.3. The Balaban J connectivity index is 1.62. The number of rotatable bonds is 10. The molecule has 0 fully saturated rings. The number of hydrogen-bond donors (Lipinski definition) is 2. The van der Waals surface area contributed by atoms with Crippen molar-refractivity contribution in [3.8, 4) is 0 Å². The molecule has 0 unspecified atom stereocenters. The van der Waals surface area contributed by atoms with E-state index in [1.807, 2.05) is 49.3 Å². The van der Waals surface area contributed by atoms with Crippen LogP contribution in [0.1, 0.15) is 99.1 Å². The maximum atomic E-state index is 13.7. The van der Waals surface area contributed by atoms with Gasteiger partial charge in [-0.15, -0.1) is 0 Å². The maximum absolute atomic E-state index is 13.7. The van der Waals surface area contributed by atoms with Gasteiger partial charge in [0.1, 0.15) is 6.54 Å². The van der Waals surface area contributed by atoms with Crippen LogP contribution in [0.2, 0.25) is 0 Å². The van der Waals surface area contributed by atoms with Crippen LogP contribution in [0.5, 0.6) is 0 Å². The quantitative estimate of drug-likeness (QED) is 0.260. The first-order chi connectivity index (χ1) is 20.8. The van der Waals surface area contributed by atoms with Crippen molar-refractivity contribution in [1.29, 1.82) is 0 Å². The average molecular weight is 597 g/mol. The average Bonchev–Trinajstić information content (AvgIpc) is 3.33. The Morgan fingerprint density at radius 2 is 1.50 bits per heavy atom. The maximum Gasteiger partial charge on any atom is 0.336 e. The van der Waals surface area contributed by atoms with Crippen LogP contribution in [0.4, 0.5) is 11.4 Å². The number of fused-ring (bicyclic) bond motifs is 2. The fourth-order valence-electron chi connectivity index (χ4n) is 6.99. The molecule has 0 atom stereocenters. The van der Waals surface area contributed by atoms with E-state index >= 15 is 0 Å². The van der Waals surface area contributed by atoms with Crippen LogP contribution in [0.25, 0.3) is 0 Å². The third-order valence-electron chi connectivity index (χ3n) is 9.25. The lowest BCUT2D eigenvalue weighted by Crippen LogP contribution is -2.35. The van der Waals surface area contributed by atoms with E-state index in [2.05, 4.69) is 13.8 Å². The Labute approximate surface area is 258 Å². The predicted octanol–water partition coefficient (Wildman–Crippen LogP) is 5.86. The van der Waals surface area contributed by atoms with Crippen LogP contribution in [-0.4, -0.2) is 51.3 Å². The molecule has 230 valence electrons. The normalized spacial score (nSPS) is 20.0. The summed E-state index contributed by atoms with van der Waals surface area (Å²) in [7, 11) is 0. The molecule has 2 aliphatic heterocycles. The van der Waals surface area contributed by atoms with E-state index in [1.165, 1.54) is 0 Å². The van der Waals surface area contributed by atoms with E-state index in [0.29, 0.717) is 24.2 Å². The molecule has 8 nitrogen and oxygen atoms in total. The Morgan fingerprint density at radius 3 is 2.09 bits per heavy atom. The number of unbranched alkanes of at least 4 members (excludes halogenated alkanes) is 2. The minimum atomic E-state index is -1.02. The lowest BCUT2D eigenvalue weighted by molar-refractivity contribution is -0.438. The smallest absolute Gasteiger partial charge is 0.336 e. The highest BCUT2D eigenvalue weighted by Crippen LogP contribution is 2.51. The van der Waals surface area contributed by atoms with Gasteiger partial charge in [0.25, 0.3) is 0 Å². The topological polar surface area (TPSA) is 121 Å². The lowest BCUT2D eigenvalue weighted by Gasteiger charge is -2.33. The van der Waals surface area contributed by atoms with Crippen LogP contribution in [-0.2, 0) is 15.6 Å². The molecule has 0 amide bonds. The molecule has 0 saturated carbocycles. The first kappa shape index (κ1) is 31.0. The summed E-state index contributed by atoms with van der Waals surface area (Å²) in [6.07, 6.45) is 6.86. The Kier molecular flexibility index (Phi) is 7.91. The van der Waals surface area contributed by atoms with Gasteiger partial charge in [0, 0.05) is 58.6 Å². The van der Waals surface area contributed by atoms with Gasteiger partial charge in [-0.2, -0.15) is 4.58 Å². The second-order valence-corrected chi connectivity index (χ2v) is 12.8. The molecule has 1 aliphatic carbocycles. The van der Waals surface area contributed by atoms with Crippen molar-refractivity contribution in [1.82, 2.24) is 0 Å². The fourth-order valence-corrected chi connectivity index (χ4v) is 6.99. The molecule has 0 spiro atoms. The second-order valence-electron chi connectivity index (χ2n) is 12.8. The van der Waals surface area contributed by atoms with Gasteiger partial charge in [0.05, 0.1) is 22.1 Å². The molecule has 0 saturated heterocycles. The zero-order valence-corrected chi connectivity index (χ0v) is 26.3. The predicted molar refractivity (Wildman–Crippen MR) is 168 cm³/mol. The highest BCUT2D eigenvalue weighted by molar-refractivity contribution is 6.24. The number of benzene rings is 2. The van der Waals surface area contributed by atoms with E-state index in [1.54, 1.807) is 36.4 Å². The highest BCUT2D eigenvalue weighted by atomic mass is 16.4. The Bertz CT molecular complexity index is 1720. The summed E-state index contributed by atoms with van der Waals surface area (Å²) in [6.45, 7) is 13.1. The van der Waals surface area contributed by atoms with Crippen molar-refractivity contribution < 1.29 is 34.3 Å². The number of carbonyl (C=O) groups is 3. The van der Waals surface area contributed by atoms with Gasteiger partial charge in [-0.3, -0.25) is 4.79 Å². The number of nitrogens with zero attached hydrogens (tertiary/aromatic N) is 2. The van der Waals surface area contributed by atoms with E-state index in [-0.39, 0.29) is 33.8 Å². The number of anilines is 1. The van der Waals surface area contributed by atoms with Crippen molar-refractivity contribution in [2.24, 2.45) is 0 Å². The van der Waals surface area contributed by atoms with Gasteiger partial charge in [-0.1, -0.05) is 58.4 Å². The summed E-state index contributed by atoms with van der Waals surface area (Å²) in [5.74, 6) is -2.76. The molecule has 2 aromatic rings. The molecular formula is C36H40N2O6. The molecule has 2 heterocycles. The molecule has 2 N–H and O–H groups in total. The molecule has 44 heavy (non-hydrogen) atoms. The Hall–Kier alpha value is -4.46. The number of aromatic carboxylic acids is 2. The molecule has 8 heteroatoms. The molecular weight excluding hydrogens is 556 g/mol. The van der Waals surface area contributed by atoms with Crippen molar-refractivity contribution in [3.05, 3.63) is 93.4 Å². The van der Waals surface area contributed by atoms with Crippen LogP contribution in [0.15, 0.2) is 71.2 Å². The zero-order chi connectivity index (χ0) is 32.1. The van der Waals surface area contributed by atoms with Crippen molar-refractivity contribution in [2.75, 3.05) is 18.0 Å². The van der Waals surface area contributed by atoms with E-state index in [9.17, 15) is 29.7 Å². The third kappa shape index (κ3) is 4.68. The number of allylic oxidation sites excluding steroid dienone is 5.